The molecular formula is C79H95N. The highest BCUT2D eigenvalue weighted by Gasteiger charge is 2.45. The van der Waals surface area contributed by atoms with Gasteiger partial charge in [-0.2, -0.15) is 0 Å². The zero-order valence-corrected chi connectivity index (χ0v) is 50.6. The van der Waals surface area contributed by atoms with Crippen LogP contribution in [0.2, 0.25) is 0 Å². The summed E-state index contributed by atoms with van der Waals surface area (Å²) in [6, 6.07) is 61.4. The second-order valence-electron chi connectivity index (χ2n) is 25.1. The van der Waals surface area contributed by atoms with E-state index < -0.39 is 0 Å². The van der Waals surface area contributed by atoms with Crippen molar-refractivity contribution in [3.8, 4) is 33.4 Å². The van der Waals surface area contributed by atoms with Gasteiger partial charge in [-0.05, 0) is 207 Å². The zero-order valence-electron chi connectivity index (χ0n) is 50.6. The van der Waals surface area contributed by atoms with Gasteiger partial charge in [-0.3, -0.25) is 0 Å². The lowest BCUT2D eigenvalue weighted by molar-refractivity contribution is 0.392. The molecule has 0 amide bonds. The highest BCUT2D eigenvalue weighted by Crippen LogP contribution is 2.58. The quantitative estimate of drug-likeness (QED) is 0.0464. The Labute approximate surface area is 485 Å². The minimum absolute atomic E-state index is 0.0723. The molecule has 0 spiro atoms. The van der Waals surface area contributed by atoms with Crippen molar-refractivity contribution >= 4 is 28.2 Å². The van der Waals surface area contributed by atoms with Crippen LogP contribution in [-0.4, -0.2) is 0 Å². The van der Waals surface area contributed by atoms with Gasteiger partial charge in [0.1, 0.15) is 0 Å². The van der Waals surface area contributed by atoms with Gasteiger partial charge in [0.05, 0.1) is 0 Å². The molecule has 0 unspecified atom stereocenters. The van der Waals surface area contributed by atoms with Gasteiger partial charge < -0.3 is 4.90 Å². The third kappa shape index (κ3) is 11.8. The van der Waals surface area contributed by atoms with E-state index in [1.807, 2.05) is 0 Å². The number of hydrogen-bond acceptors (Lipinski definition) is 1. The second kappa shape index (κ2) is 25.7. The monoisotopic (exact) mass is 1060 g/mol. The summed E-state index contributed by atoms with van der Waals surface area (Å²) in [5, 5.41) is 0. The minimum atomic E-state index is 0.0723. The Hall–Kier alpha value is -6.18. The van der Waals surface area contributed by atoms with Gasteiger partial charge >= 0.3 is 0 Å². The van der Waals surface area contributed by atoms with Gasteiger partial charge in [-0.25, -0.2) is 0 Å². The summed E-state index contributed by atoms with van der Waals surface area (Å²) in [7, 11) is 0. The van der Waals surface area contributed by atoms with Crippen molar-refractivity contribution in [2.45, 2.75) is 213 Å². The van der Waals surface area contributed by atoms with Crippen LogP contribution in [0.1, 0.15) is 223 Å². The molecule has 10 rings (SSSR count). The molecule has 3 aliphatic rings. The SMILES string of the molecule is CCCCCCCCC1(CCCCCCCC)C2=C(CCC(c3cccc(-c4ccc(N(c5ccc(-c6cccc(C(C)(CC)CC)c6)cc5)c5ccc(-c6cccc7c6CC7)cc5)cc4)c3)=C2)c2ccc(C(C)(CC)CC)cc21. The Morgan fingerprint density at radius 2 is 0.900 bits per heavy atom. The van der Waals surface area contributed by atoms with Crippen LogP contribution in [0.4, 0.5) is 17.1 Å². The standard InChI is InChI=1S/C79H95N/c1-9-15-17-19-21-23-52-79(53-24-22-20-18-16-10-2)75-56-65(41-50-73(75)74-51-42-67(57-76(74)79)78(8,13-5)14-6)63-30-25-29-62(54-63)58-34-43-68(44-35-58)80(70-47-38-61(39-48-70)71-33-27-28-60-40-49-72(60)71)69-45-36-59(37-46-69)64-31-26-32-66(55-64)77(7,11-3)12-4/h25-39,42-48,51,54-57H,9-24,40-41,49-50,52-53H2,1-8H3. The molecule has 3 aliphatic carbocycles. The fraction of sp³-hybridized carbons (Fsp3) is 0.418. The summed E-state index contributed by atoms with van der Waals surface area (Å²) in [6.45, 7) is 19.0. The number of allylic oxidation sites excluding steroid dienone is 4. The summed E-state index contributed by atoms with van der Waals surface area (Å²) >= 11 is 0. The first-order chi connectivity index (χ1) is 39.1. The fourth-order valence-corrected chi connectivity index (χ4v) is 14.1. The van der Waals surface area contributed by atoms with Crippen molar-refractivity contribution in [1.82, 2.24) is 0 Å². The Morgan fingerprint density at radius 1 is 0.400 bits per heavy atom. The van der Waals surface area contributed by atoms with Crippen LogP contribution in [-0.2, 0) is 29.1 Å². The number of nitrogens with zero attached hydrogens (tertiary/aromatic N) is 1. The highest BCUT2D eigenvalue weighted by atomic mass is 15.1. The third-order valence-electron chi connectivity index (χ3n) is 20.5. The van der Waals surface area contributed by atoms with Crippen molar-refractivity contribution in [2.24, 2.45) is 0 Å². The van der Waals surface area contributed by atoms with Crippen molar-refractivity contribution in [3.05, 3.63) is 208 Å². The molecule has 1 nitrogen and oxygen atoms in total. The number of anilines is 3. The Morgan fingerprint density at radius 3 is 1.45 bits per heavy atom. The molecule has 0 radical (unpaired) electrons. The summed E-state index contributed by atoms with van der Waals surface area (Å²) < 4.78 is 0. The minimum Gasteiger partial charge on any atom is -0.311 e. The normalized spacial score (nSPS) is 14.6. The van der Waals surface area contributed by atoms with E-state index in [9.17, 15) is 0 Å². The molecule has 0 saturated heterocycles. The molecule has 7 aromatic rings. The largest absolute Gasteiger partial charge is 0.311 e. The Kier molecular flexibility index (Phi) is 18.4. The van der Waals surface area contributed by atoms with Gasteiger partial charge in [-0.1, -0.05) is 254 Å². The lowest BCUT2D eigenvalue weighted by Gasteiger charge is -2.36. The lowest BCUT2D eigenvalue weighted by atomic mass is 9.67. The average Bonchev–Trinajstić information content (AvgIpc) is 3.32. The van der Waals surface area contributed by atoms with Crippen molar-refractivity contribution < 1.29 is 0 Å². The Balaban J connectivity index is 0.974. The first kappa shape index (κ1) is 57.1. The van der Waals surface area contributed by atoms with E-state index in [2.05, 4.69) is 224 Å². The predicted molar refractivity (Wildman–Crippen MR) is 349 cm³/mol. The first-order valence-electron chi connectivity index (χ1n) is 32.1. The Bertz CT molecular complexity index is 3220. The topological polar surface area (TPSA) is 3.24 Å². The van der Waals surface area contributed by atoms with Crippen LogP contribution < -0.4 is 4.90 Å². The van der Waals surface area contributed by atoms with Gasteiger partial charge in [0.25, 0.3) is 0 Å². The maximum Gasteiger partial charge on any atom is 0.0462 e. The predicted octanol–water partition coefficient (Wildman–Crippen LogP) is 23.8. The fourth-order valence-electron chi connectivity index (χ4n) is 14.1. The summed E-state index contributed by atoms with van der Waals surface area (Å²) in [5.41, 5.74) is 27.1. The summed E-state index contributed by atoms with van der Waals surface area (Å²) in [6.07, 6.45) is 30.5. The van der Waals surface area contributed by atoms with Crippen molar-refractivity contribution in [3.63, 3.8) is 0 Å². The number of hydrogen-bond donors (Lipinski definition) is 0. The van der Waals surface area contributed by atoms with E-state index in [1.54, 1.807) is 27.8 Å². The van der Waals surface area contributed by atoms with Gasteiger partial charge in [-0.15, -0.1) is 0 Å². The average molecular weight is 1060 g/mol. The van der Waals surface area contributed by atoms with Crippen molar-refractivity contribution in [1.29, 1.82) is 0 Å². The zero-order chi connectivity index (χ0) is 55.7. The molecule has 0 N–H and O–H groups in total. The maximum atomic E-state index is 2.74. The van der Waals surface area contributed by atoms with E-state index in [4.69, 9.17) is 0 Å². The van der Waals surface area contributed by atoms with Gasteiger partial charge in [0.2, 0.25) is 0 Å². The van der Waals surface area contributed by atoms with Gasteiger partial charge in [0.15, 0.2) is 0 Å². The lowest BCUT2D eigenvalue weighted by Crippen LogP contribution is -2.28. The summed E-state index contributed by atoms with van der Waals surface area (Å²) in [4.78, 5) is 2.44. The number of rotatable bonds is 27. The molecule has 0 fully saturated rings. The molecule has 0 saturated carbocycles. The maximum absolute atomic E-state index is 2.74. The third-order valence-corrected chi connectivity index (χ3v) is 20.5. The molecule has 0 bridgehead atoms. The number of fused-ring (bicyclic) bond motifs is 3. The smallest absolute Gasteiger partial charge is 0.0462 e. The molecular weight excluding hydrogens is 963 g/mol. The first-order valence-corrected chi connectivity index (χ1v) is 32.1. The van der Waals surface area contributed by atoms with Crippen LogP contribution in [0.15, 0.2) is 169 Å². The van der Waals surface area contributed by atoms with E-state index in [1.165, 1.54) is 177 Å². The summed E-state index contributed by atoms with van der Waals surface area (Å²) in [5.74, 6) is 0. The number of unbranched alkanes of at least 4 members (excludes halogenated alkanes) is 10. The van der Waals surface area contributed by atoms with E-state index in [0.717, 1.165) is 42.7 Å². The number of aryl methyl sites for hydroxylation is 1. The number of benzene rings is 7. The molecule has 7 aromatic carbocycles. The molecule has 0 heterocycles. The second-order valence-corrected chi connectivity index (χ2v) is 25.1. The van der Waals surface area contributed by atoms with Crippen LogP contribution >= 0.6 is 0 Å². The molecule has 0 aliphatic heterocycles. The van der Waals surface area contributed by atoms with E-state index in [-0.39, 0.29) is 16.2 Å². The molecule has 0 atom stereocenters. The van der Waals surface area contributed by atoms with Gasteiger partial charge in [0, 0.05) is 22.5 Å². The molecule has 1 heteroatoms. The molecule has 416 valence electrons. The van der Waals surface area contributed by atoms with E-state index >= 15 is 0 Å². The molecule has 80 heavy (non-hydrogen) atoms. The van der Waals surface area contributed by atoms with Crippen LogP contribution in [0.5, 0.6) is 0 Å². The van der Waals surface area contributed by atoms with Crippen LogP contribution in [0.3, 0.4) is 0 Å². The highest BCUT2D eigenvalue weighted by molar-refractivity contribution is 5.90. The van der Waals surface area contributed by atoms with Crippen LogP contribution in [0.25, 0.3) is 44.5 Å². The van der Waals surface area contributed by atoms with Crippen molar-refractivity contribution in [2.75, 3.05) is 4.90 Å². The molecule has 0 aromatic heterocycles. The van der Waals surface area contributed by atoms with Crippen LogP contribution in [0, 0.1) is 0 Å². The van der Waals surface area contributed by atoms with E-state index in [0.29, 0.717) is 0 Å².